The van der Waals surface area contributed by atoms with E-state index < -0.39 is 5.41 Å². The van der Waals surface area contributed by atoms with E-state index in [4.69, 9.17) is 9.47 Å². The lowest BCUT2D eigenvalue weighted by atomic mass is 9.75. The predicted octanol–water partition coefficient (Wildman–Crippen LogP) is 3.32. The SMILES string of the molecule is COc1ccc([C@]2(CC(=O)N3CCc4[nH]c5ccc(OC)cc5c4C3)CC(=O)N(C3CC3)C2=O)cc1. The van der Waals surface area contributed by atoms with Crippen LogP contribution in [0.15, 0.2) is 42.5 Å². The summed E-state index contributed by atoms with van der Waals surface area (Å²) in [5.41, 5.74) is 2.72. The molecule has 0 spiro atoms. The normalized spacial score (nSPS) is 21.7. The van der Waals surface area contributed by atoms with Gasteiger partial charge in [-0.3, -0.25) is 19.3 Å². The van der Waals surface area contributed by atoms with Crippen LogP contribution in [-0.2, 0) is 32.8 Å². The largest absolute Gasteiger partial charge is 0.497 e. The number of ether oxygens (including phenoxy) is 2. The third-order valence-corrected chi connectivity index (χ3v) is 7.89. The number of hydrogen-bond donors (Lipinski definition) is 1. The van der Waals surface area contributed by atoms with Crippen molar-refractivity contribution in [3.05, 3.63) is 59.3 Å². The Bertz CT molecular complexity index is 1370. The third kappa shape index (κ3) is 3.54. The molecule has 0 unspecified atom stereocenters. The van der Waals surface area contributed by atoms with Crippen LogP contribution in [0.5, 0.6) is 11.5 Å². The number of carbonyl (C=O) groups excluding carboxylic acids is 3. The zero-order valence-electron chi connectivity index (χ0n) is 20.5. The molecule has 36 heavy (non-hydrogen) atoms. The molecule has 0 bridgehead atoms. The molecule has 186 valence electrons. The summed E-state index contributed by atoms with van der Waals surface area (Å²) in [6.07, 6.45) is 2.36. The number of nitrogens with zero attached hydrogens (tertiary/aromatic N) is 2. The Morgan fingerprint density at radius 2 is 1.78 bits per heavy atom. The van der Waals surface area contributed by atoms with Gasteiger partial charge in [0.25, 0.3) is 0 Å². The van der Waals surface area contributed by atoms with Gasteiger partial charge in [-0.25, -0.2) is 0 Å². The number of nitrogens with one attached hydrogen (secondary N) is 1. The van der Waals surface area contributed by atoms with Gasteiger partial charge in [-0.2, -0.15) is 0 Å². The van der Waals surface area contributed by atoms with Gasteiger partial charge in [0.2, 0.25) is 17.7 Å². The molecule has 1 atom stereocenters. The number of hydrogen-bond acceptors (Lipinski definition) is 5. The molecule has 0 radical (unpaired) electrons. The van der Waals surface area contributed by atoms with Gasteiger partial charge in [0, 0.05) is 60.6 Å². The van der Waals surface area contributed by atoms with E-state index in [0.29, 0.717) is 30.8 Å². The number of fused-ring (bicyclic) bond motifs is 3. The lowest BCUT2D eigenvalue weighted by Crippen LogP contribution is -2.45. The topological polar surface area (TPSA) is 91.9 Å². The highest BCUT2D eigenvalue weighted by atomic mass is 16.5. The fraction of sp³-hybridized carbons (Fsp3) is 0.393. The first-order valence-electron chi connectivity index (χ1n) is 12.4. The standard InChI is InChI=1S/C28H29N3O5/c1-35-19-7-3-17(4-8-19)28(15-26(33)31(27(28)34)18-5-6-18)14-25(32)30-12-11-24-22(16-30)21-13-20(36-2)9-10-23(21)29-24/h3-4,7-10,13,18,29H,5-6,11-12,14-16H2,1-2H3/t28-/m0/s1. The van der Waals surface area contributed by atoms with E-state index in [1.807, 2.05) is 35.2 Å². The minimum absolute atomic E-state index is 0.0176. The number of rotatable bonds is 6. The average molecular weight is 488 g/mol. The second-order valence-electron chi connectivity index (χ2n) is 10.0. The summed E-state index contributed by atoms with van der Waals surface area (Å²) >= 11 is 0. The van der Waals surface area contributed by atoms with Crippen LogP contribution in [-0.4, -0.2) is 59.3 Å². The van der Waals surface area contributed by atoms with Crippen LogP contribution in [0, 0.1) is 0 Å². The van der Waals surface area contributed by atoms with E-state index in [9.17, 15) is 14.4 Å². The lowest BCUT2D eigenvalue weighted by molar-refractivity contribution is -0.143. The van der Waals surface area contributed by atoms with Gasteiger partial charge in [-0.1, -0.05) is 12.1 Å². The molecule has 2 aliphatic heterocycles. The zero-order valence-corrected chi connectivity index (χ0v) is 20.5. The van der Waals surface area contributed by atoms with E-state index in [-0.39, 0.29) is 36.6 Å². The number of H-pyrrole nitrogens is 1. The van der Waals surface area contributed by atoms with E-state index in [0.717, 1.165) is 40.8 Å². The van der Waals surface area contributed by atoms with Crippen LogP contribution in [0.1, 0.15) is 42.5 Å². The highest BCUT2D eigenvalue weighted by Crippen LogP contribution is 2.45. The zero-order chi connectivity index (χ0) is 25.0. The Kier molecular flexibility index (Phi) is 5.28. The summed E-state index contributed by atoms with van der Waals surface area (Å²) in [5.74, 6) is 0.877. The number of methoxy groups -OCH3 is 2. The second kappa shape index (κ2) is 8.40. The van der Waals surface area contributed by atoms with Crippen LogP contribution in [0.3, 0.4) is 0 Å². The number of likely N-dealkylation sites (tertiary alicyclic amines) is 1. The number of aromatic amines is 1. The maximum atomic E-state index is 13.8. The molecular formula is C28H29N3O5. The van der Waals surface area contributed by atoms with Gasteiger partial charge in [0.05, 0.1) is 19.6 Å². The lowest BCUT2D eigenvalue weighted by Gasteiger charge is -2.32. The summed E-state index contributed by atoms with van der Waals surface area (Å²) in [4.78, 5) is 47.3. The number of amides is 3. The molecule has 6 rings (SSSR count). The van der Waals surface area contributed by atoms with Crippen molar-refractivity contribution in [2.75, 3.05) is 20.8 Å². The minimum Gasteiger partial charge on any atom is -0.497 e. The Labute approximate surface area is 209 Å². The number of aromatic nitrogens is 1. The van der Waals surface area contributed by atoms with Crippen LogP contribution < -0.4 is 9.47 Å². The van der Waals surface area contributed by atoms with E-state index in [2.05, 4.69) is 4.98 Å². The van der Waals surface area contributed by atoms with Crippen LogP contribution in [0.4, 0.5) is 0 Å². The van der Waals surface area contributed by atoms with E-state index in [1.54, 1.807) is 26.4 Å². The number of carbonyl (C=O) groups is 3. The van der Waals surface area contributed by atoms with E-state index in [1.165, 1.54) is 4.90 Å². The Balaban J connectivity index is 1.32. The first-order chi connectivity index (χ1) is 17.4. The molecule has 1 N–H and O–H groups in total. The molecule has 3 aliphatic rings. The van der Waals surface area contributed by atoms with Crippen molar-refractivity contribution < 1.29 is 23.9 Å². The molecule has 3 amide bonds. The highest BCUT2D eigenvalue weighted by molar-refractivity contribution is 6.11. The number of benzene rings is 2. The monoisotopic (exact) mass is 487 g/mol. The summed E-state index contributed by atoms with van der Waals surface area (Å²) < 4.78 is 10.7. The van der Waals surface area contributed by atoms with Gasteiger partial charge in [0.1, 0.15) is 11.5 Å². The molecule has 1 aromatic heterocycles. The van der Waals surface area contributed by atoms with Crippen molar-refractivity contribution in [1.29, 1.82) is 0 Å². The fourth-order valence-electron chi connectivity index (χ4n) is 5.74. The second-order valence-corrected chi connectivity index (χ2v) is 10.0. The smallest absolute Gasteiger partial charge is 0.241 e. The maximum Gasteiger partial charge on any atom is 0.241 e. The Morgan fingerprint density at radius 1 is 1.06 bits per heavy atom. The molecule has 2 aromatic carbocycles. The van der Waals surface area contributed by atoms with Crippen LogP contribution in [0.25, 0.3) is 10.9 Å². The van der Waals surface area contributed by atoms with Crippen molar-refractivity contribution in [3.8, 4) is 11.5 Å². The molecule has 8 heteroatoms. The molecule has 1 saturated carbocycles. The van der Waals surface area contributed by atoms with Crippen molar-refractivity contribution in [2.45, 2.75) is 50.1 Å². The van der Waals surface area contributed by atoms with Crippen molar-refractivity contribution >= 4 is 28.6 Å². The van der Waals surface area contributed by atoms with Gasteiger partial charge in [-0.15, -0.1) is 0 Å². The summed E-state index contributed by atoms with van der Waals surface area (Å²) in [5, 5.41) is 1.04. The molecular weight excluding hydrogens is 458 g/mol. The number of imide groups is 1. The van der Waals surface area contributed by atoms with Crippen molar-refractivity contribution in [2.24, 2.45) is 0 Å². The first-order valence-corrected chi connectivity index (χ1v) is 12.4. The molecule has 3 aromatic rings. The van der Waals surface area contributed by atoms with Crippen LogP contribution in [0.2, 0.25) is 0 Å². The minimum atomic E-state index is -1.19. The summed E-state index contributed by atoms with van der Waals surface area (Å²) in [7, 11) is 3.22. The summed E-state index contributed by atoms with van der Waals surface area (Å²) in [6.45, 7) is 1.01. The quantitative estimate of drug-likeness (QED) is 0.539. The molecule has 1 saturated heterocycles. The average Bonchev–Trinajstić information content (AvgIpc) is 3.61. The summed E-state index contributed by atoms with van der Waals surface area (Å²) in [6, 6.07) is 13.1. The predicted molar refractivity (Wildman–Crippen MR) is 133 cm³/mol. The van der Waals surface area contributed by atoms with Crippen molar-refractivity contribution in [1.82, 2.24) is 14.8 Å². The van der Waals surface area contributed by atoms with Gasteiger partial charge in [0.15, 0.2) is 0 Å². The van der Waals surface area contributed by atoms with Gasteiger partial charge < -0.3 is 19.4 Å². The maximum absolute atomic E-state index is 13.8. The Hall–Kier alpha value is -3.81. The molecule has 3 heterocycles. The molecule has 8 nitrogen and oxygen atoms in total. The van der Waals surface area contributed by atoms with Gasteiger partial charge in [-0.05, 0) is 48.7 Å². The van der Waals surface area contributed by atoms with E-state index >= 15 is 0 Å². The fourth-order valence-corrected chi connectivity index (χ4v) is 5.74. The van der Waals surface area contributed by atoms with Crippen LogP contribution >= 0.6 is 0 Å². The Morgan fingerprint density at radius 3 is 2.47 bits per heavy atom. The molecule has 1 aliphatic carbocycles. The van der Waals surface area contributed by atoms with Crippen molar-refractivity contribution in [3.63, 3.8) is 0 Å². The highest BCUT2D eigenvalue weighted by Gasteiger charge is 2.57. The van der Waals surface area contributed by atoms with Gasteiger partial charge >= 0.3 is 0 Å². The third-order valence-electron chi connectivity index (χ3n) is 7.89. The first kappa shape index (κ1) is 22.6. The molecule has 2 fully saturated rings.